The van der Waals surface area contributed by atoms with Crippen LogP contribution in [0.25, 0.3) is 0 Å². The highest BCUT2D eigenvalue weighted by atomic mass is 32.2. The lowest BCUT2D eigenvalue weighted by Gasteiger charge is -2.01. The summed E-state index contributed by atoms with van der Waals surface area (Å²) >= 11 is 1.21. The van der Waals surface area contributed by atoms with Gasteiger partial charge in [0.05, 0.1) is 6.54 Å². The molecule has 2 aromatic heterocycles. The summed E-state index contributed by atoms with van der Waals surface area (Å²) in [5.41, 5.74) is 0.989. The SMILES string of the molecule is Cc1nc(CNS(=O)(=O)c2cc(CNC3CC3)cs2)no1. The number of hydrogen-bond donors (Lipinski definition) is 2. The molecule has 0 unspecified atom stereocenters. The van der Waals surface area contributed by atoms with Gasteiger partial charge in [0.1, 0.15) is 4.21 Å². The molecule has 1 aliphatic rings. The molecule has 0 amide bonds. The van der Waals surface area contributed by atoms with E-state index in [4.69, 9.17) is 4.52 Å². The minimum absolute atomic E-state index is 0.0211. The zero-order valence-corrected chi connectivity index (χ0v) is 13.1. The molecule has 114 valence electrons. The predicted octanol–water partition coefficient (Wildman–Crippen LogP) is 1.17. The molecule has 0 bridgehead atoms. The van der Waals surface area contributed by atoms with Crippen LogP contribution in [0.4, 0.5) is 0 Å². The quantitative estimate of drug-likeness (QED) is 0.792. The smallest absolute Gasteiger partial charge is 0.250 e. The van der Waals surface area contributed by atoms with Crippen LogP contribution < -0.4 is 10.0 Å². The summed E-state index contributed by atoms with van der Waals surface area (Å²) in [5, 5.41) is 8.87. The monoisotopic (exact) mass is 328 g/mol. The minimum atomic E-state index is -3.53. The molecule has 0 atom stereocenters. The maximum atomic E-state index is 12.2. The van der Waals surface area contributed by atoms with Gasteiger partial charge in [-0.2, -0.15) is 4.98 Å². The maximum absolute atomic E-state index is 12.2. The van der Waals surface area contributed by atoms with E-state index in [1.54, 1.807) is 13.0 Å². The van der Waals surface area contributed by atoms with E-state index in [-0.39, 0.29) is 6.54 Å². The van der Waals surface area contributed by atoms with Crippen molar-refractivity contribution in [1.29, 1.82) is 0 Å². The van der Waals surface area contributed by atoms with Crippen LogP contribution in [0.5, 0.6) is 0 Å². The van der Waals surface area contributed by atoms with Gasteiger partial charge in [-0.25, -0.2) is 13.1 Å². The number of thiophene rings is 1. The summed E-state index contributed by atoms with van der Waals surface area (Å²) in [5.74, 6) is 0.733. The lowest BCUT2D eigenvalue weighted by Crippen LogP contribution is -2.23. The average Bonchev–Trinajstić information content (AvgIpc) is 2.97. The van der Waals surface area contributed by atoms with Crippen LogP contribution in [0.2, 0.25) is 0 Å². The van der Waals surface area contributed by atoms with Gasteiger partial charge in [0, 0.05) is 19.5 Å². The fourth-order valence-corrected chi connectivity index (χ4v) is 4.01. The van der Waals surface area contributed by atoms with Gasteiger partial charge in [-0.3, -0.25) is 0 Å². The molecule has 0 saturated heterocycles. The van der Waals surface area contributed by atoms with Crippen molar-refractivity contribution in [2.45, 2.75) is 43.1 Å². The molecule has 2 aromatic rings. The predicted molar refractivity (Wildman–Crippen MR) is 77.2 cm³/mol. The number of nitrogens with one attached hydrogen (secondary N) is 2. The second-order valence-electron chi connectivity index (χ2n) is 4.98. The third-order valence-electron chi connectivity index (χ3n) is 3.06. The largest absolute Gasteiger partial charge is 0.340 e. The zero-order valence-electron chi connectivity index (χ0n) is 11.5. The lowest BCUT2D eigenvalue weighted by atomic mass is 10.3. The summed E-state index contributed by atoms with van der Waals surface area (Å²) in [7, 11) is -3.53. The number of rotatable bonds is 7. The van der Waals surface area contributed by atoms with Crippen LogP contribution in [-0.2, 0) is 23.1 Å². The first-order chi connectivity index (χ1) is 10.0. The Bertz CT molecular complexity index is 718. The molecule has 21 heavy (non-hydrogen) atoms. The molecule has 2 heterocycles. The third kappa shape index (κ3) is 3.88. The number of hydrogen-bond acceptors (Lipinski definition) is 7. The molecule has 0 aromatic carbocycles. The van der Waals surface area contributed by atoms with Gasteiger partial charge in [-0.15, -0.1) is 11.3 Å². The van der Waals surface area contributed by atoms with Crippen LogP contribution in [0.3, 0.4) is 0 Å². The van der Waals surface area contributed by atoms with Crippen LogP contribution in [0.1, 0.15) is 30.1 Å². The summed E-state index contributed by atoms with van der Waals surface area (Å²) in [6, 6.07) is 2.30. The molecule has 7 nitrogen and oxygen atoms in total. The van der Waals surface area contributed by atoms with Gasteiger partial charge in [0.15, 0.2) is 5.82 Å². The van der Waals surface area contributed by atoms with E-state index in [2.05, 4.69) is 20.2 Å². The van der Waals surface area contributed by atoms with Crippen molar-refractivity contribution in [3.05, 3.63) is 28.7 Å². The van der Waals surface area contributed by atoms with Gasteiger partial charge in [0.2, 0.25) is 15.9 Å². The Morgan fingerprint density at radius 2 is 2.24 bits per heavy atom. The van der Waals surface area contributed by atoms with E-state index in [9.17, 15) is 8.42 Å². The molecular weight excluding hydrogens is 312 g/mol. The molecule has 3 rings (SSSR count). The molecular formula is C12H16N4O3S2. The van der Waals surface area contributed by atoms with Gasteiger partial charge in [-0.1, -0.05) is 5.16 Å². The first-order valence-electron chi connectivity index (χ1n) is 6.62. The number of nitrogens with zero attached hydrogens (tertiary/aromatic N) is 2. The van der Waals surface area contributed by atoms with Crippen LogP contribution >= 0.6 is 11.3 Å². The summed E-state index contributed by atoms with van der Waals surface area (Å²) in [6.07, 6.45) is 2.42. The molecule has 1 saturated carbocycles. The Hall–Kier alpha value is -1.29. The van der Waals surface area contributed by atoms with E-state index >= 15 is 0 Å². The number of sulfonamides is 1. The van der Waals surface area contributed by atoms with Gasteiger partial charge in [0.25, 0.3) is 0 Å². The summed E-state index contributed by atoms with van der Waals surface area (Å²) < 4.78 is 31.9. The van der Waals surface area contributed by atoms with Gasteiger partial charge >= 0.3 is 0 Å². The Morgan fingerprint density at radius 1 is 1.43 bits per heavy atom. The van der Waals surface area contributed by atoms with Crippen molar-refractivity contribution in [3.8, 4) is 0 Å². The van der Waals surface area contributed by atoms with Crippen LogP contribution in [0, 0.1) is 6.92 Å². The van der Waals surface area contributed by atoms with Crippen LogP contribution in [0.15, 0.2) is 20.2 Å². The fourth-order valence-electron chi connectivity index (χ4n) is 1.78. The maximum Gasteiger partial charge on any atom is 0.250 e. The first-order valence-corrected chi connectivity index (χ1v) is 8.99. The second-order valence-corrected chi connectivity index (χ2v) is 7.89. The van der Waals surface area contributed by atoms with Crippen molar-refractivity contribution in [3.63, 3.8) is 0 Å². The average molecular weight is 328 g/mol. The molecule has 0 aliphatic heterocycles. The molecule has 0 radical (unpaired) electrons. The van der Waals surface area contributed by atoms with E-state index < -0.39 is 10.0 Å². The Balaban J connectivity index is 1.60. The van der Waals surface area contributed by atoms with Crippen molar-refractivity contribution >= 4 is 21.4 Å². The van der Waals surface area contributed by atoms with E-state index in [1.165, 1.54) is 24.2 Å². The van der Waals surface area contributed by atoms with Crippen molar-refractivity contribution in [1.82, 2.24) is 20.2 Å². The Morgan fingerprint density at radius 3 is 2.90 bits per heavy atom. The molecule has 1 aliphatic carbocycles. The fraction of sp³-hybridized carbons (Fsp3) is 0.500. The normalized spacial score (nSPS) is 15.5. The van der Waals surface area contributed by atoms with Crippen molar-refractivity contribution < 1.29 is 12.9 Å². The summed E-state index contributed by atoms with van der Waals surface area (Å²) in [6.45, 7) is 2.39. The van der Waals surface area contributed by atoms with E-state index in [0.29, 0.717) is 28.5 Å². The number of aromatic nitrogens is 2. The summed E-state index contributed by atoms with van der Waals surface area (Å²) in [4.78, 5) is 3.96. The first kappa shape index (κ1) is 14.6. The topological polar surface area (TPSA) is 97.1 Å². The zero-order chi connectivity index (χ0) is 14.9. The standard InChI is InChI=1S/C12H16N4O3S2/c1-8-15-11(16-19-8)6-14-21(17,18)12-4-9(7-20-12)5-13-10-2-3-10/h4,7,10,13-14H,2-3,5-6H2,1H3. The molecule has 9 heteroatoms. The van der Waals surface area contributed by atoms with Crippen molar-refractivity contribution in [2.75, 3.05) is 0 Å². The Kier molecular flexibility index (Phi) is 4.07. The van der Waals surface area contributed by atoms with Gasteiger partial charge < -0.3 is 9.84 Å². The van der Waals surface area contributed by atoms with E-state index in [1.807, 2.05) is 5.38 Å². The molecule has 1 fully saturated rings. The molecule has 0 spiro atoms. The highest BCUT2D eigenvalue weighted by Crippen LogP contribution is 2.23. The minimum Gasteiger partial charge on any atom is -0.340 e. The van der Waals surface area contributed by atoms with Crippen molar-refractivity contribution in [2.24, 2.45) is 0 Å². The van der Waals surface area contributed by atoms with E-state index in [0.717, 1.165) is 5.56 Å². The number of aryl methyl sites for hydroxylation is 1. The Labute approximate surface area is 126 Å². The second kappa shape index (κ2) is 5.84. The van der Waals surface area contributed by atoms with Crippen LogP contribution in [-0.4, -0.2) is 24.6 Å². The highest BCUT2D eigenvalue weighted by Gasteiger charge is 2.21. The van der Waals surface area contributed by atoms with Gasteiger partial charge in [-0.05, 0) is 29.9 Å². The third-order valence-corrected chi connectivity index (χ3v) is 5.95. The highest BCUT2D eigenvalue weighted by molar-refractivity contribution is 7.91. The lowest BCUT2D eigenvalue weighted by molar-refractivity contribution is 0.387. The molecule has 2 N–H and O–H groups in total.